The van der Waals surface area contributed by atoms with Crippen LogP contribution in [0.5, 0.6) is 0 Å². The van der Waals surface area contributed by atoms with Gasteiger partial charge in [-0.2, -0.15) is 13.2 Å². The van der Waals surface area contributed by atoms with Crippen molar-refractivity contribution in [2.45, 2.75) is 12.7 Å². The average molecular weight is 404 g/mol. The molecule has 0 atom stereocenters. The second-order valence-corrected chi connectivity index (χ2v) is 7.37. The van der Waals surface area contributed by atoms with Gasteiger partial charge >= 0.3 is 6.18 Å². The topological polar surface area (TPSA) is 20.3 Å². The molecule has 2 nitrogen and oxygen atoms in total. The molecule has 0 saturated heterocycles. The van der Waals surface area contributed by atoms with E-state index in [0.29, 0.717) is 6.08 Å². The number of hydrogen-bond donors (Lipinski definition) is 0. The van der Waals surface area contributed by atoms with Gasteiger partial charge in [0.15, 0.2) is 0 Å². The first kappa shape index (κ1) is 17.7. The molecule has 0 saturated carbocycles. The first-order valence-corrected chi connectivity index (χ1v) is 8.22. The van der Waals surface area contributed by atoms with E-state index in [4.69, 9.17) is 0 Å². The fourth-order valence-corrected chi connectivity index (χ4v) is 3.47. The zero-order valence-electron chi connectivity index (χ0n) is 12.1. The number of carbonyl (C=O) groups excluding carboxylic acids is 1. The number of nitrogens with zero attached hydrogens (tertiary/aromatic N) is 1. The minimum atomic E-state index is -4.59. The summed E-state index contributed by atoms with van der Waals surface area (Å²) in [5.41, 5.74) is -0.970. The minimum absolute atomic E-state index is 0.0272. The van der Waals surface area contributed by atoms with E-state index >= 15 is 0 Å². The van der Waals surface area contributed by atoms with Crippen molar-refractivity contribution in [1.29, 1.82) is 0 Å². The molecule has 0 aliphatic rings. The fourth-order valence-electron chi connectivity index (χ4n) is 1.93. The van der Waals surface area contributed by atoms with Crippen LogP contribution >= 0.6 is 27.3 Å². The molecule has 2 aromatic rings. The van der Waals surface area contributed by atoms with E-state index in [9.17, 15) is 18.0 Å². The van der Waals surface area contributed by atoms with Crippen LogP contribution in [0.15, 0.2) is 52.3 Å². The number of amides is 1. The summed E-state index contributed by atoms with van der Waals surface area (Å²) >= 11 is 4.74. The van der Waals surface area contributed by atoms with Gasteiger partial charge in [-0.25, -0.2) is 0 Å². The molecular weight excluding hydrogens is 391 g/mol. The predicted molar refractivity (Wildman–Crippen MR) is 89.0 cm³/mol. The van der Waals surface area contributed by atoms with Gasteiger partial charge in [-0.15, -0.1) is 11.3 Å². The molecule has 1 heterocycles. The zero-order valence-corrected chi connectivity index (χ0v) is 14.5. The van der Waals surface area contributed by atoms with E-state index in [1.807, 2.05) is 12.1 Å². The maximum absolute atomic E-state index is 13.2. The van der Waals surface area contributed by atoms with Crippen LogP contribution in [0.1, 0.15) is 10.4 Å². The summed E-state index contributed by atoms with van der Waals surface area (Å²) in [5, 5.41) is 0. The lowest BCUT2D eigenvalue weighted by atomic mass is 10.0. The van der Waals surface area contributed by atoms with Crippen molar-refractivity contribution >= 4 is 38.7 Å². The first-order valence-electron chi connectivity index (χ1n) is 6.61. The Balaban J connectivity index is 2.22. The molecule has 0 aliphatic carbocycles. The smallest absolute Gasteiger partial charge is 0.337 e. The van der Waals surface area contributed by atoms with Gasteiger partial charge in [-0.3, -0.25) is 4.79 Å². The van der Waals surface area contributed by atoms with E-state index < -0.39 is 17.7 Å². The average Bonchev–Trinajstić information content (AvgIpc) is 2.89. The molecule has 0 radical (unpaired) electrons. The number of thiophene rings is 1. The Hall–Kier alpha value is -1.60. The third-order valence-corrected chi connectivity index (χ3v) is 4.66. The molecule has 1 aromatic heterocycles. The van der Waals surface area contributed by atoms with Crippen LogP contribution in [0.25, 0.3) is 5.57 Å². The number of likely N-dealkylation sites (N-methyl/N-ethyl adjacent to an activating group) is 1. The van der Waals surface area contributed by atoms with Gasteiger partial charge in [0, 0.05) is 18.0 Å². The summed E-state index contributed by atoms with van der Waals surface area (Å²) in [6.07, 6.45) is -3.94. The van der Waals surface area contributed by atoms with Crippen LogP contribution in [-0.4, -0.2) is 24.0 Å². The molecular formula is C16H13BrF3NOS. The van der Waals surface area contributed by atoms with Crippen LogP contribution in [0, 0.1) is 0 Å². The number of benzene rings is 1. The van der Waals surface area contributed by atoms with E-state index in [2.05, 4.69) is 15.9 Å². The predicted octanol–water partition coefficient (Wildman–Crippen LogP) is 5.11. The van der Waals surface area contributed by atoms with Crippen molar-refractivity contribution in [2.24, 2.45) is 0 Å². The van der Waals surface area contributed by atoms with Crippen LogP contribution in [0.4, 0.5) is 13.2 Å². The maximum atomic E-state index is 13.2. The molecule has 23 heavy (non-hydrogen) atoms. The molecule has 0 spiro atoms. The van der Waals surface area contributed by atoms with E-state index in [0.717, 1.165) is 8.66 Å². The number of carbonyl (C=O) groups is 1. The van der Waals surface area contributed by atoms with Gasteiger partial charge < -0.3 is 4.90 Å². The number of hydrogen-bond acceptors (Lipinski definition) is 2. The van der Waals surface area contributed by atoms with Gasteiger partial charge in [-0.1, -0.05) is 30.3 Å². The zero-order chi connectivity index (χ0) is 17.0. The Kier molecular flexibility index (Phi) is 5.64. The lowest BCUT2D eigenvalue weighted by Gasteiger charge is -2.17. The summed E-state index contributed by atoms with van der Waals surface area (Å²) in [4.78, 5) is 14.3. The number of halogens is 4. The Morgan fingerprint density at radius 2 is 1.87 bits per heavy atom. The SMILES string of the molecule is CN(Cc1ccc(Br)s1)C(=O)/C=C(/c1ccccc1)C(F)(F)F. The summed E-state index contributed by atoms with van der Waals surface area (Å²) in [7, 11) is 1.48. The van der Waals surface area contributed by atoms with E-state index in [1.165, 1.54) is 47.5 Å². The van der Waals surface area contributed by atoms with Crippen LogP contribution < -0.4 is 0 Å². The van der Waals surface area contributed by atoms with Crippen molar-refractivity contribution in [1.82, 2.24) is 4.90 Å². The Morgan fingerprint density at radius 1 is 1.22 bits per heavy atom. The van der Waals surface area contributed by atoms with E-state index in [-0.39, 0.29) is 12.1 Å². The van der Waals surface area contributed by atoms with E-state index in [1.54, 1.807) is 6.07 Å². The van der Waals surface area contributed by atoms with Crippen molar-refractivity contribution in [3.05, 3.63) is 62.8 Å². The third-order valence-electron chi connectivity index (χ3n) is 3.06. The number of rotatable bonds is 4. The number of allylic oxidation sites excluding steroid dienone is 1. The summed E-state index contributed by atoms with van der Waals surface area (Å²) in [5.74, 6) is -0.689. The molecule has 0 N–H and O–H groups in total. The molecule has 7 heteroatoms. The van der Waals surface area contributed by atoms with Crippen LogP contribution in [0.2, 0.25) is 0 Å². The maximum Gasteiger partial charge on any atom is 0.417 e. The highest BCUT2D eigenvalue weighted by atomic mass is 79.9. The van der Waals surface area contributed by atoms with Crippen LogP contribution in [-0.2, 0) is 11.3 Å². The lowest BCUT2D eigenvalue weighted by molar-refractivity contribution is -0.125. The van der Waals surface area contributed by atoms with Crippen molar-refractivity contribution in [3.63, 3.8) is 0 Å². The Bertz CT molecular complexity index is 710. The first-order chi connectivity index (χ1) is 10.8. The lowest BCUT2D eigenvalue weighted by Crippen LogP contribution is -2.25. The molecule has 2 rings (SSSR count). The Labute approximate surface area is 144 Å². The molecule has 0 aliphatic heterocycles. The molecule has 1 amide bonds. The summed E-state index contributed by atoms with van der Waals surface area (Å²) < 4.78 is 40.6. The second-order valence-electron chi connectivity index (χ2n) is 4.82. The van der Waals surface area contributed by atoms with Gasteiger partial charge in [0.2, 0.25) is 5.91 Å². The van der Waals surface area contributed by atoms with Gasteiger partial charge in [0.25, 0.3) is 0 Å². The third kappa shape index (κ3) is 4.94. The minimum Gasteiger partial charge on any atom is -0.337 e. The second kappa shape index (κ2) is 7.31. The van der Waals surface area contributed by atoms with Gasteiger partial charge in [0.1, 0.15) is 0 Å². The van der Waals surface area contributed by atoms with Crippen molar-refractivity contribution in [2.75, 3.05) is 7.05 Å². The standard InChI is InChI=1S/C16H13BrF3NOS/c1-21(10-12-7-8-14(17)23-12)15(22)9-13(16(18,19)20)11-5-3-2-4-6-11/h2-9H,10H2,1H3/b13-9-. The normalized spacial score (nSPS) is 12.3. The Morgan fingerprint density at radius 3 is 2.39 bits per heavy atom. The molecule has 0 unspecified atom stereocenters. The highest BCUT2D eigenvalue weighted by Crippen LogP contribution is 2.34. The van der Waals surface area contributed by atoms with Crippen molar-refractivity contribution < 1.29 is 18.0 Å². The number of alkyl halides is 3. The highest BCUT2D eigenvalue weighted by Gasteiger charge is 2.35. The molecule has 1 aromatic carbocycles. The largest absolute Gasteiger partial charge is 0.417 e. The van der Waals surface area contributed by atoms with Crippen molar-refractivity contribution in [3.8, 4) is 0 Å². The molecule has 0 bridgehead atoms. The summed E-state index contributed by atoms with van der Waals surface area (Å²) in [6.45, 7) is 0.255. The monoisotopic (exact) mass is 403 g/mol. The van der Waals surface area contributed by atoms with Gasteiger partial charge in [-0.05, 0) is 33.6 Å². The fraction of sp³-hybridized carbons (Fsp3) is 0.188. The molecule has 122 valence electrons. The quantitative estimate of drug-likeness (QED) is 0.649. The summed E-state index contributed by atoms with van der Waals surface area (Å²) in [6, 6.07) is 11.0. The highest BCUT2D eigenvalue weighted by molar-refractivity contribution is 9.11. The van der Waals surface area contributed by atoms with Crippen LogP contribution in [0.3, 0.4) is 0 Å². The molecule has 0 fully saturated rings. The van der Waals surface area contributed by atoms with Gasteiger partial charge in [0.05, 0.1) is 15.9 Å².